The first-order valence-electron chi connectivity index (χ1n) is 10.4. The monoisotopic (exact) mass is 403 g/mol. The Morgan fingerprint density at radius 3 is 2.50 bits per heavy atom. The Kier molecular flexibility index (Phi) is 4.84. The first-order valence-corrected chi connectivity index (χ1v) is 10.4. The van der Waals surface area contributed by atoms with E-state index in [4.69, 9.17) is 0 Å². The molecule has 1 N–H and O–H groups in total. The molecule has 2 aromatic carbocycles. The second kappa shape index (κ2) is 7.66. The van der Waals surface area contributed by atoms with Crippen LogP contribution in [0.1, 0.15) is 30.3 Å². The standard InChI is InChI=1S/C23H25N5O2/c1-26-22(30)18-9-5-6-10-19(18)28-20(24-25-23(26)28)15-27-13-11-17(12-14-27)21(29)16-7-3-2-4-8-16/h2-10,17,21,29H,11-15H2,1H3. The third-order valence-corrected chi connectivity index (χ3v) is 6.28. The highest BCUT2D eigenvalue weighted by Crippen LogP contribution is 2.31. The topological polar surface area (TPSA) is 75.7 Å². The minimum Gasteiger partial charge on any atom is -0.388 e. The van der Waals surface area contributed by atoms with Crippen molar-refractivity contribution in [1.29, 1.82) is 0 Å². The number of para-hydroxylation sites is 1. The molecule has 1 fully saturated rings. The lowest BCUT2D eigenvalue weighted by Gasteiger charge is -2.34. The van der Waals surface area contributed by atoms with Crippen LogP contribution in [0.3, 0.4) is 0 Å². The van der Waals surface area contributed by atoms with Crippen molar-refractivity contribution >= 4 is 16.7 Å². The number of aryl methyl sites for hydroxylation is 1. The first-order chi connectivity index (χ1) is 14.6. The Balaban J connectivity index is 1.37. The highest BCUT2D eigenvalue weighted by atomic mass is 16.3. The third-order valence-electron chi connectivity index (χ3n) is 6.28. The average Bonchev–Trinajstić information content (AvgIpc) is 3.22. The van der Waals surface area contributed by atoms with Gasteiger partial charge in [0.15, 0.2) is 5.82 Å². The van der Waals surface area contributed by atoms with Crippen molar-refractivity contribution < 1.29 is 5.11 Å². The van der Waals surface area contributed by atoms with Crippen molar-refractivity contribution in [3.63, 3.8) is 0 Å². The predicted octanol–water partition coefficient (Wildman–Crippen LogP) is 2.53. The van der Waals surface area contributed by atoms with Gasteiger partial charge in [-0.1, -0.05) is 42.5 Å². The van der Waals surface area contributed by atoms with E-state index in [1.54, 1.807) is 11.6 Å². The third kappa shape index (κ3) is 3.20. The molecule has 1 aliphatic rings. The fraction of sp³-hybridized carbons (Fsp3) is 0.348. The van der Waals surface area contributed by atoms with Crippen molar-refractivity contribution in [3.05, 3.63) is 76.3 Å². The number of rotatable bonds is 4. The van der Waals surface area contributed by atoms with Crippen molar-refractivity contribution in [2.45, 2.75) is 25.5 Å². The SMILES string of the molecule is Cn1c(=O)c2ccccc2n2c(CN3CCC(C(O)c4ccccc4)CC3)nnc12. The second-order valence-corrected chi connectivity index (χ2v) is 8.10. The van der Waals surface area contributed by atoms with Gasteiger partial charge in [-0.15, -0.1) is 10.2 Å². The summed E-state index contributed by atoms with van der Waals surface area (Å²) < 4.78 is 3.54. The van der Waals surface area contributed by atoms with Crippen LogP contribution in [0.15, 0.2) is 59.4 Å². The number of piperidine rings is 1. The highest BCUT2D eigenvalue weighted by molar-refractivity contribution is 5.80. The number of fused-ring (bicyclic) bond motifs is 3. The lowest BCUT2D eigenvalue weighted by Crippen LogP contribution is -2.35. The maximum atomic E-state index is 12.6. The summed E-state index contributed by atoms with van der Waals surface area (Å²) in [5.74, 6) is 1.65. The minimum absolute atomic E-state index is 0.0623. The van der Waals surface area contributed by atoms with Crippen molar-refractivity contribution in [2.75, 3.05) is 13.1 Å². The number of hydrogen-bond acceptors (Lipinski definition) is 5. The molecule has 1 atom stereocenters. The van der Waals surface area contributed by atoms with Crippen molar-refractivity contribution in [2.24, 2.45) is 13.0 Å². The Morgan fingerprint density at radius 2 is 1.73 bits per heavy atom. The number of aliphatic hydroxyl groups excluding tert-OH is 1. The molecule has 3 heterocycles. The normalized spacial score (nSPS) is 17.0. The lowest BCUT2D eigenvalue weighted by atomic mass is 9.87. The summed E-state index contributed by atoms with van der Waals surface area (Å²) in [4.78, 5) is 15.0. The fourth-order valence-corrected chi connectivity index (χ4v) is 4.54. The zero-order valence-electron chi connectivity index (χ0n) is 17.0. The summed E-state index contributed by atoms with van der Waals surface area (Å²) in [6, 6.07) is 17.5. The Morgan fingerprint density at radius 1 is 1.03 bits per heavy atom. The van der Waals surface area contributed by atoms with Crippen LogP contribution in [0.25, 0.3) is 16.7 Å². The van der Waals surface area contributed by atoms with Gasteiger partial charge in [0, 0.05) is 7.05 Å². The number of likely N-dealkylation sites (tertiary alicyclic amines) is 1. The molecule has 0 radical (unpaired) electrons. The number of benzene rings is 2. The maximum Gasteiger partial charge on any atom is 0.262 e. The number of aromatic nitrogens is 4. The fourth-order valence-electron chi connectivity index (χ4n) is 4.54. The van der Waals surface area contributed by atoms with Gasteiger partial charge in [-0.3, -0.25) is 18.7 Å². The molecule has 1 aliphatic heterocycles. The summed E-state index contributed by atoms with van der Waals surface area (Å²) in [5, 5.41) is 20.1. The molecule has 154 valence electrons. The zero-order chi connectivity index (χ0) is 20.7. The average molecular weight is 403 g/mol. The van der Waals surface area contributed by atoms with Crippen LogP contribution in [-0.2, 0) is 13.6 Å². The molecular formula is C23H25N5O2. The Labute approximate surface area is 174 Å². The van der Waals surface area contributed by atoms with E-state index in [-0.39, 0.29) is 11.5 Å². The van der Waals surface area contributed by atoms with E-state index >= 15 is 0 Å². The van der Waals surface area contributed by atoms with Crippen LogP contribution in [0.4, 0.5) is 0 Å². The number of nitrogens with zero attached hydrogens (tertiary/aromatic N) is 5. The van der Waals surface area contributed by atoms with Gasteiger partial charge in [0.2, 0.25) is 5.78 Å². The lowest BCUT2D eigenvalue weighted by molar-refractivity contribution is 0.0560. The molecular weight excluding hydrogens is 378 g/mol. The first kappa shape index (κ1) is 19.0. The van der Waals surface area contributed by atoms with E-state index in [1.165, 1.54) is 0 Å². The molecule has 0 amide bonds. The van der Waals surface area contributed by atoms with Gasteiger partial charge < -0.3 is 5.11 Å². The van der Waals surface area contributed by atoms with E-state index in [2.05, 4.69) is 15.1 Å². The predicted molar refractivity (Wildman–Crippen MR) is 115 cm³/mol. The van der Waals surface area contributed by atoms with E-state index in [9.17, 15) is 9.90 Å². The summed E-state index contributed by atoms with van der Waals surface area (Å²) in [5.41, 5.74) is 1.77. The molecule has 1 saturated heterocycles. The molecule has 7 nitrogen and oxygen atoms in total. The van der Waals surface area contributed by atoms with Gasteiger partial charge in [0.25, 0.3) is 5.56 Å². The summed E-state index contributed by atoms with van der Waals surface area (Å²) in [6.45, 7) is 2.46. The summed E-state index contributed by atoms with van der Waals surface area (Å²) in [6.07, 6.45) is 1.46. The number of aliphatic hydroxyl groups is 1. The molecule has 0 saturated carbocycles. The Bertz CT molecular complexity index is 1240. The quantitative estimate of drug-likeness (QED) is 0.567. The van der Waals surface area contributed by atoms with Gasteiger partial charge in [-0.2, -0.15) is 0 Å². The zero-order valence-corrected chi connectivity index (χ0v) is 17.0. The van der Waals surface area contributed by atoms with Crippen molar-refractivity contribution in [3.8, 4) is 0 Å². The molecule has 4 aromatic rings. The van der Waals surface area contributed by atoms with Crippen molar-refractivity contribution in [1.82, 2.24) is 24.1 Å². The molecule has 0 bridgehead atoms. The van der Waals surface area contributed by atoms with E-state index < -0.39 is 6.10 Å². The molecule has 1 unspecified atom stereocenters. The van der Waals surface area contributed by atoms with Crippen LogP contribution in [0.5, 0.6) is 0 Å². The summed E-state index contributed by atoms with van der Waals surface area (Å²) >= 11 is 0. The van der Waals surface area contributed by atoms with Gasteiger partial charge >= 0.3 is 0 Å². The van der Waals surface area contributed by atoms with E-state index in [0.29, 0.717) is 17.7 Å². The maximum absolute atomic E-state index is 12.6. The molecule has 0 aliphatic carbocycles. The summed E-state index contributed by atoms with van der Waals surface area (Å²) in [7, 11) is 1.74. The smallest absolute Gasteiger partial charge is 0.262 e. The van der Waals surface area contributed by atoms with E-state index in [1.807, 2.05) is 59.0 Å². The molecule has 5 rings (SSSR count). The van der Waals surface area contributed by atoms with Gasteiger partial charge in [0.05, 0.1) is 23.6 Å². The largest absolute Gasteiger partial charge is 0.388 e. The second-order valence-electron chi connectivity index (χ2n) is 8.10. The minimum atomic E-state index is -0.416. The van der Waals surface area contributed by atoms with Crippen LogP contribution in [0.2, 0.25) is 0 Å². The molecule has 30 heavy (non-hydrogen) atoms. The van der Waals surface area contributed by atoms with Gasteiger partial charge in [0.1, 0.15) is 0 Å². The molecule has 2 aromatic heterocycles. The molecule has 0 spiro atoms. The van der Waals surface area contributed by atoms with Gasteiger partial charge in [-0.25, -0.2) is 0 Å². The van der Waals surface area contributed by atoms with Crippen LogP contribution < -0.4 is 5.56 Å². The van der Waals surface area contributed by atoms with Crippen LogP contribution in [0, 0.1) is 5.92 Å². The molecule has 7 heteroatoms. The number of hydrogen-bond donors (Lipinski definition) is 1. The highest BCUT2D eigenvalue weighted by Gasteiger charge is 2.27. The van der Waals surface area contributed by atoms with Crippen LogP contribution >= 0.6 is 0 Å². The van der Waals surface area contributed by atoms with E-state index in [0.717, 1.165) is 42.8 Å². The Hall–Kier alpha value is -3.03. The van der Waals surface area contributed by atoms with Crippen LogP contribution in [-0.4, -0.2) is 42.3 Å². The van der Waals surface area contributed by atoms with Gasteiger partial charge in [-0.05, 0) is 49.5 Å².